The first kappa shape index (κ1) is 15.3. The lowest BCUT2D eigenvalue weighted by Gasteiger charge is -2.22. The van der Waals surface area contributed by atoms with E-state index in [-0.39, 0.29) is 11.3 Å². The molecule has 21 heavy (non-hydrogen) atoms. The molecule has 0 saturated carbocycles. The minimum absolute atomic E-state index is 0.0900. The summed E-state index contributed by atoms with van der Waals surface area (Å²) in [5, 5.41) is 0. The van der Waals surface area contributed by atoms with Crippen LogP contribution in [0.25, 0.3) is 0 Å². The number of nitrogens with zero attached hydrogens (tertiary/aromatic N) is 1. The topological polar surface area (TPSA) is 46.3 Å². The Morgan fingerprint density at radius 2 is 2.00 bits per heavy atom. The number of hydrogen-bond acceptors (Lipinski definition) is 4. The maximum atomic E-state index is 12.6. The van der Waals surface area contributed by atoms with E-state index in [4.69, 9.17) is 5.73 Å². The molecule has 0 aromatic heterocycles. The Balaban J connectivity index is 1.68. The standard InChI is InChI=1S/C16H22N2OS2/c1-16(10-17)6-7-18(11-16)14(19)12-2-4-13(5-3-12)15-20-8-9-21-15/h2-5,15H,6-11,17H2,1H3. The first-order chi connectivity index (χ1) is 10.1. The van der Waals surface area contributed by atoms with E-state index in [1.807, 2.05) is 40.6 Å². The lowest BCUT2D eigenvalue weighted by Crippen LogP contribution is -2.34. The second kappa shape index (κ2) is 6.23. The molecule has 1 amide bonds. The molecule has 1 aromatic carbocycles. The van der Waals surface area contributed by atoms with Crippen LogP contribution in [0.1, 0.15) is 33.8 Å². The van der Waals surface area contributed by atoms with Crippen LogP contribution in [0.4, 0.5) is 0 Å². The highest BCUT2D eigenvalue weighted by Crippen LogP contribution is 2.45. The third-order valence-electron chi connectivity index (χ3n) is 4.39. The Morgan fingerprint density at radius 1 is 1.33 bits per heavy atom. The number of carbonyl (C=O) groups is 1. The van der Waals surface area contributed by atoms with Gasteiger partial charge in [0.2, 0.25) is 0 Å². The van der Waals surface area contributed by atoms with E-state index in [1.54, 1.807) is 0 Å². The van der Waals surface area contributed by atoms with E-state index in [0.29, 0.717) is 11.1 Å². The maximum absolute atomic E-state index is 12.6. The fourth-order valence-corrected chi connectivity index (χ4v) is 5.74. The van der Waals surface area contributed by atoms with Crippen molar-refractivity contribution in [2.45, 2.75) is 17.9 Å². The number of carbonyl (C=O) groups excluding carboxylic acids is 1. The minimum atomic E-state index is 0.0900. The van der Waals surface area contributed by atoms with Gasteiger partial charge in [-0.05, 0) is 36.1 Å². The summed E-state index contributed by atoms with van der Waals surface area (Å²) in [5.41, 5.74) is 8.03. The lowest BCUT2D eigenvalue weighted by molar-refractivity contribution is 0.0777. The fourth-order valence-electron chi connectivity index (χ4n) is 2.88. The summed E-state index contributed by atoms with van der Waals surface area (Å²) in [4.78, 5) is 14.5. The van der Waals surface area contributed by atoms with Crippen molar-refractivity contribution in [3.05, 3.63) is 35.4 Å². The van der Waals surface area contributed by atoms with Crippen LogP contribution in [0.3, 0.4) is 0 Å². The molecule has 114 valence electrons. The molecule has 0 aliphatic carbocycles. The Kier molecular flexibility index (Phi) is 4.52. The third-order valence-corrected chi connectivity index (χ3v) is 7.49. The number of nitrogens with two attached hydrogens (primary N) is 1. The molecule has 2 saturated heterocycles. The average Bonchev–Trinajstić information content (AvgIpc) is 3.17. The summed E-state index contributed by atoms with van der Waals surface area (Å²) in [6, 6.07) is 8.19. The van der Waals surface area contributed by atoms with Gasteiger partial charge < -0.3 is 10.6 Å². The van der Waals surface area contributed by atoms with Crippen molar-refractivity contribution in [1.29, 1.82) is 0 Å². The van der Waals surface area contributed by atoms with Crippen LogP contribution in [-0.4, -0.2) is 41.9 Å². The number of hydrogen-bond donors (Lipinski definition) is 1. The average molecular weight is 322 g/mol. The number of likely N-dealkylation sites (tertiary alicyclic amines) is 1. The van der Waals surface area contributed by atoms with E-state index in [1.165, 1.54) is 17.1 Å². The smallest absolute Gasteiger partial charge is 0.253 e. The Hall–Kier alpha value is -0.650. The van der Waals surface area contributed by atoms with Crippen molar-refractivity contribution in [3.8, 4) is 0 Å². The van der Waals surface area contributed by atoms with Gasteiger partial charge in [-0.15, -0.1) is 23.5 Å². The van der Waals surface area contributed by atoms with E-state index in [0.717, 1.165) is 25.1 Å². The minimum Gasteiger partial charge on any atom is -0.338 e. The number of thioether (sulfide) groups is 2. The molecular weight excluding hydrogens is 300 g/mol. The molecule has 2 aliphatic heterocycles. The van der Waals surface area contributed by atoms with Crippen molar-refractivity contribution in [3.63, 3.8) is 0 Å². The third kappa shape index (κ3) is 3.25. The molecule has 2 aliphatic rings. The molecule has 1 unspecified atom stereocenters. The quantitative estimate of drug-likeness (QED) is 0.929. The zero-order valence-electron chi connectivity index (χ0n) is 12.4. The summed E-state index contributed by atoms with van der Waals surface area (Å²) < 4.78 is 0.543. The maximum Gasteiger partial charge on any atom is 0.253 e. The van der Waals surface area contributed by atoms with Crippen LogP contribution >= 0.6 is 23.5 Å². The highest BCUT2D eigenvalue weighted by atomic mass is 32.2. The molecule has 0 spiro atoms. The monoisotopic (exact) mass is 322 g/mol. The van der Waals surface area contributed by atoms with Gasteiger partial charge >= 0.3 is 0 Å². The molecule has 2 fully saturated rings. The predicted molar refractivity (Wildman–Crippen MR) is 91.8 cm³/mol. The summed E-state index contributed by atoms with van der Waals surface area (Å²) in [6.45, 7) is 4.41. The largest absolute Gasteiger partial charge is 0.338 e. The van der Waals surface area contributed by atoms with Crippen LogP contribution in [0, 0.1) is 5.41 Å². The van der Waals surface area contributed by atoms with Crippen molar-refractivity contribution < 1.29 is 4.79 Å². The second-order valence-electron chi connectivity index (χ2n) is 6.19. The van der Waals surface area contributed by atoms with Gasteiger partial charge in [0.25, 0.3) is 5.91 Å². The van der Waals surface area contributed by atoms with Gasteiger partial charge in [-0.1, -0.05) is 19.1 Å². The van der Waals surface area contributed by atoms with E-state index in [9.17, 15) is 4.79 Å². The molecular formula is C16H22N2OS2. The van der Waals surface area contributed by atoms with Crippen LogP contribution in [0.15, 0.2) is 24.3 Å². The zero-order valence-corrected chi connectivity index (χ0v) is 14.0. The Morgan fingerprint density at radius 3 is 2.57 bits per heavy atom. The van der Waals surface area contributed by atoms with Crippen LogP contribution < -0.4 is 5.73 Å². The summed E-state index contributed by atoms with van der Waals surface area (Å²) in [6.07, 6.45) is 1.00. The van der Waals surface area contributed by atoms with Crippen LogP contribution in [0.5, 0.6) is 0 Å². The molecule has 3 rings (SSSR count). The molecule has 5 heteroatoms. The van der Waals surface area contributed by atoms with Gasteiger partial charge in [-0.3, -0.25) is 4.79 Å². The normalized spacial score (nSPS) is 26.5. The van der Waals surface area contributed by atoms with Crippen LogP contribution in [0.2, 0.25) is 0 Å². The fraction of sp³-hybridized carbons (Fsp3) is 0.562. The van der Waals surface area contributed by atoms with Crippen molar-refractivity contribution in [2.24, 2.45) is 11.1 Å². The van der Waals surface area contributed by atoms with E-state index >= 15 is 0 Å². The SMILES string of the molecule is CC1(CN)CCN(C(=O)c2ccc(C3SCCS3)cc2)C1. The van der Waals surface area contributed by atoms with Gasteiger partial charge in [0.15, 0.2) is 0 Å². The number of benzene rings is 1. The first-order valence-electron chi connectivity index (χ1n) is 7.44. The van der Waals surface area contributed by atoms with E-state index in [2.05, 4.69) is 19.1 Å². The molecule has 0 radical (unpaired) electrons. The summed E-state index contributed by atoms with van der Waals surface area (Å²) >= 11 is 3.98. The van der Waals surface area contributed by atoms with Gasteiger partial charge in [0, 0.05) is 30.2 Å². The van der Waals surface area contributed by atoms with Crippen molar-refractivity contribution in [1.82, 2.24) is 4.90 Å². The Bertz CT molecular complexity index is 514. The predicted octanol–water partition coefficient (Wildman–Crippen LogP) is 2.98. The zero-order chi connectivity index (χ0) is 14.9. The molecule has 1 atom stereocenters. The van der Waals surface area contributed by atoms with Crippen LogP contribution in [-0.2, 0) is 0 Å². The van der Waals surface area contributed by atoms with E-state index < -0.39 is 0 Å². The number of amides is 1. The molecule has 0 bridgehead atoms. The highest BCUT2D eigenvalue weighted by molar-refractivity contribution is 8.19. The van der Waals surface area contributed by atoms with Gasteiger partial charge in [0.05, 0.1) is 4.58 Å². The molecule has 1 aromatic rings. The Labute approximate surface area is 135 Å². The summed E-state index contributed by atoms with van der Waals surface area (Å²) in [5.74, 6) is 2.59. The molecule has 3 nitrogen and oxygen atoms in total. The van der Waals surface area contributed by atoms with Gasteiger partial charge in [-0.25, -0.2) is 0 Å². The van der Waals surface area contributed by atoms with Gasteiger partial charge in [-0.2, -0.15) is 0 Å². The molecule has 2 heterocycles. The summed E-state index contributed by atoms with van der Waals surface area (Å²) in [7, 11) is 0. The van der Waals surface area contributed by atoms with Crippen molar-refractivity contribution >= 4 is 29.4 Å². The first-order valence-corrected chi connectivity index (χ1v) is 9.54. The lowest BCUT2D eigenvalue weighted by atomic mass is 9.90. The van der Waals surface area contributed by atoms with Crippen molar-refractivity contribution in [2.75, 3.05) is 31.1 Å². The number of rotatable bonds is 3. The van der Waals surface area contributed by atoms with Gasteiger partial charge in [0.1, 0.15) is 0 Å². The highest BCUT2D eigenvalue weighted by Gasteiger charge is 2.35. The second-order valence-corrected chi connectivity index (χ2v) is 8.91. The molecule has 2 N–H and O–H groups in total.